The van der Waals surface area contributed by atoms with Crippen LogP contribution in [0.2, 0.25) is 0 Å². The molecule has 26 heavy (non-hydrogen) atoms. The minimum Gasteiger partial charge on any atom is -0.356 e. The lowest BCUT2D eigenvalue weighted by atomic mass is 9.78. The average molecular weight is 355 g/mol. The summed E-state index contributed by atoms with van der Waals surface area (Å²) >= 11 is 0. The van der Waals surface area contributed by atoms with Crippen LogP contribution < -0.4 is 10.2 Å². The van der Waals surface area contributed by atoms with Crippen molar-refractivity contribution in [3.05, 3.63) is 23.3 Å². The highest BCUT2D eigenvalue weighted by molar-refractivity contribution is 5.79. The monoisotopic (exact) mass is 355 g/mol. The molecule has 2 aromatic rings. The predicted octanol–water partition coefficient (Wildman–Crippen LogP) is 0.917. The molecule has 0 radical (unpaired) electrons. The quantitative estimate of drug-likeness (QED) is 0.836. The minimum atomic E-state index is 0.162. The van der Waals surface area contributed by atoms with Gasteiger partial charge in [0.2, 0.25) is 11.9 Å². The zero-order valence-corrected chi connectivity index (χ0v) is 15.2. The molecule has 2 saturated heterocycles. The molecule has 138 valence electrons. The number of fused-ring (bicyclic) bond motifs is 1. The Bertz CT molecular complexity index is 830. The third kappa shape index (κ3) is 2.50. The molecule has 2 N–H and O–H groups in total. The van der Waals surface area contributed by atoms with E-state index in [1.807, 2.05) is 6.20 Å². The molecule has 4 heterocycles. The Hall–Kier alpha value is -2.38. The Labute approximate surface area is 152 Å². The van der Waals surface area contributed by atoms with Crippen molar-refractivity contribution in [2.75, 3.05) is 24.5 Å². The molecule has 1 aliphatic carbocycles. The van der Waals surface area contributed by atoms with E-state index in [1.165, 1.54) is 11.3 Å². The van der Waals surface area contributed by atoms with Crippen LogP contribution in [-0.4, -0.2) is 50.5 Å². The summed E-state index contributed by atoms with van der Waals surface area (Å²) in [5, 5.41) is 19.4. The summed E-state index contributed by atoms with van der Waals surface area (Å²) in [6.07, 6.45) is 7.79. The first-order valence-corrected chi connectivity index (χ1v) is 9.56. The molecule has 1 spiro atoms. The number of rotatable bonds is 2. The van der Waals surface area contributed by atoms with E-state index in [0.29, 0.717) is 12.3 Å². The number of amides is 1. The number of carbonyl (C=O) groups excluding carboxylic acids is 1. The summed E-state index contributed by atoms with van der Waals surface area (Å²) in [6.45, 7) is 2.71. The zero-order valence-electron chi connectivity index (χ0n) is 15.2. The van der Waals surface area contributed by atoms with Gasteiger partial charge in [-0.2, -0.15) is 5.10 Å². The number of hydrogen-bond donors (Lipinski definition) is 2. The first-order chi connectivity index (χ1) is 12.6. The fraction of sp³-hybridized carbons (Fsp3) is 0.667. The van der Waals surface area contributed by atoms with Gasteiger partial charge in [0, 0.05) is 44.7 Å². The van der Waals surface area contributed by atoms with Crippen LogP contribution in [0.3, 0.4) is 0 Å². The third-order valence-corrected chi connectivity index (χ3v) is 6.57. The summed E-state index contributed by atoms with van der Waals surface area (Å²) in [6, 6.07) is 0. The van der Waals surface area contributed by atoms with Gasteiger partial charge in [-0.15, -0.1) is 10.2 Å². The number of nitrogens with one attached hydrogen (secondary N) is 2. The Morgan fingerprint density at radius 1 is 1.27 bits per heavy atom. The van der Waals surface area contributed by atoms with Crippen LogP contribution in [0.4, 0.5) is 5.95 Å². The summed E-state index contributed by atoms with van der Waals surface area (Å²) in [4.78, 5) is 13.9. The van der Waals surface area contributed by atoms with Gasteiger partial charge in [-0.05, 0) is 43.1 Å². The smallest absolute Gasteiger partial charge is 0.226 e. The lowest BCUT2D eigenvalue weighted by Crippen LogP contribution is -2.42. The molecule has 1 amide bonds. The highest BCUT2D eigenvalue weighted by Crippen LogP contribution is 2.39. The van der Waals surface area contributed by atoms with Crippen LogP contribution in [0.1, 0.15) is 48.7 Å². The van der Waals surface area contributed by atoms with E-state index in [1.54, 1.807) is 0 Å². The molecule has 0 saturated carbocycles. The summed E-state index contributed by atoms with van der Waals surface area (Å²) < 4.78 is 2.17. The number of carbonyl (C=O) groups is 1. The lowest BCUT2D eigenvalue weighted by Gasteiger charge is -2.38. The maximum atomic E-state index is 11.6. The fourth-order valence-electron chi connectivity index (χ4n) is 4.88. The minimum absolute atomic E-state index is 0.162. The van der Waals surface area contributed by atoms with Gasteiger partial charge in [0.1, 0.15) is 5.82 Å². The van der Waals surface area contributed by atoms with Crippen molar-refractivity contribution >= 4 is 11.9 Å². The first kappa shape index (κ1) is 15.8. The van der Waals surface area contributed by atoms with E-state index in [0.717, 1.165) is 63.5 Å². The van der Waals surface area contributed by atoms with Crippen LogP contribution in [0.25, 0.3) is 0 Å². The molecular weight excluding hydrogens is 330 g/mol. The Kier molecular flexibility index (Phi) is 3.55. The number of aromatic amines is 1. The maximum absolute atomic E-state index is 11.6. The normalized spacial score (nSPS) is 24.7. The first-order valence-electron chi connectivity index (χ1n) is 9.56. The number of anilines is 1. The summed E-state index contributed by atoms with van der Waals surface area (Å²) in [5.41, 5.74) is 2.74. The number of piperidine rings is 1. The van der Waals surface area contributed by atoms with Gasteiger partial charge in [0.25, 0.3) is 0 Å². The molecule has 0 bridgehead atoms. The number of hydrogen-bond acceptors (Lipinski definition) is 5. The largest absolute Gasteiger partial charge is 0.356 e. The van der Waals surface area contributed by atoms with Gasteiger partial charge in [0.05, 0.1) is 6.20 Å². The van der Waals surface area contributed by atoms with Gasteiger partial charge in [0.15, 0.2) is 0 Å². The fourth-order valence-corrected chi connectivity index (χ4v) is 4.88. The number of aromatic nitrogens is 5. The maximum Gasteiger partial charge on any atom is 0.226 e. The highest BCUT2D eigenvalue weighted by atomic mass is 16.1. The summed E-state index contributed by atoms with van der Waals surface area (Å²) in [5.74, 6) is 2.62. The average Bonchev–Trinajstić information content (AvgIpc) is 3.35. The Balaban J connectivity index is 1.31. The van der Waals surface area contributed by atoms with Gasteiger partial charge in [-0.25, -0.2) is 0 Å². The molecule has 5 rings (SSSR count). The van der Waals surface area contributed by atoms with E-state index >= 15 is 0 Å². The van der Waals surface area contributed by atoms with Crippen molar-refractivity contribution < 1.29 is 4.79 Å². The SMILES string of the molecule is Cn1c(C2CCc3cn[nH]c3C2)nnc1N1CCC2(CC1)CNC(=O)C2. The second-order valence-corrected chi connectivity index (χ2v) is 8.17. The van der Waals surface area contributed by atoms with Crippen molar-refractivity contribution in [2.45, 2.75) is 44.4 Å². The molecule has 8 nitrogen and oxygen atoms in total. The molecule has 1 unspecified atom stereocenters. The number of aryl methyl sites for hydroxylation is 1. The zero-order chi connectivity index (χ0) is 17.7. The Morgan fingerprint density at radius 3 is 2.88 bits per heavy atom. The third-order valence-electron chi connectivity index (χ3n) is 6.57. The van der Waals surface area contributed by atoms with Gasteiger partial charge >= 0.3 is 0 Å². The van der Waals surface area contributed by atoms with Crippen LogP contribution in [0.15, 0.2) is 6.20 Å². The molecule has 2 aliphatic heterocycles. The van der Waals surface area contributed by atoms with E-state index < -0.39 is 0 Å². The second-order valence-electron chi connectivity index (χ2n) is 8.17. The molecule has 8 heteroatoms. The number of H-pyrrole nitrogens is 1. The lowest BCUT2D eigenvalue weighted by molar-refractivity contribution is -0.119. The molecule has 0 aromatic carbocycles. The van der Waals surface area contributed by atoms with Crippen molar-refractivity contribution in [1.29, 1.82) is 0 Å². The topological polar surface area (TPSA) is 91.7 Å². The van der Waals surface area contributed by atoms with Crippen LogP contribution in [0, 0.1) is 5.41 Å². The van der Waals surface area contributed by atoms with Crippen molar-refractivity contribution in [1.82, 2.24) is 30.3 Å². The highest BCUT2D eigenvalue weighted by Gasteiger charge is 2.41. The molecule has 1 atom stereocenters. The van der Waals surface area contributed by atoms with Crippen molar-refractivity contribution in [2.24, 2.45) is 12.5 Å². The van der Waals surface area contributed by atoms with Crippen molar-refractivity contribution in [3.63, 3.8) is 0 Å². The molecule has 2 fully saturated rings. The van der Waals surface area contributed by atoms with E-state index in [4.69, 9.17) is 0 Å². The van der Waals surface area contributed by atoms with Gasteiger partial charge < -0.3 is 14.8 Å². The molecular formula is C18H25N7O. The summed E-state index contributed by atoms with van der Waals surface area (Å²) in [7, 11) is 2.08. The van der Waals surface area contributed by atoms with Gasteiger partial charge in [-0.1, -0.05) is 0 Å². The second kappa shape index (κ2) is 5.82. The van der Waals surface area contributed by atoms with E-state index in [-0.39, 0.29) is 11.3 Å². The van der Waals surface area contributed by atoms with E-state index in [2.05, 4.69) is 42.2 Å². The molecule has 3 aliphatic rings. The van der Waals surface area contributed by atoms with Crippen LogP contribution in [-0.2, 0) is 24.7 Å². The molecule has 2 aromatic heterocycles. The van der Waals surface area contributed by atoms with Crippen molar-refractivity contribution in [3.8, 4) is 0 Å². The van der Waals surface area contributed by atoms with Crippen LogP contribution in [0.5, 0.6) is 0 Å². The van der Waals surface area contributed by atoms with Gasteiger partial charge in [-0.3, -0.25) is 9.89 Å². The predicted molar refractivity (Wildman–Crippen MR) is 95.9 cm³/mol. The number of nitrogens with zero attached hydrogens (tertiary/aromatic N) is 5. The van der Waals surface area contributed by atoms with Crippen LogP contribution >= 0.6 is 0 Å². The standard InChI is InChI=1S/C18H25N7O/c1-24-16(12-2-3-13-10-20-21-14(13)8-12)22-23-17(24)25-6-4-18(5-7-25)9-15(26)19-11-18/h10,12H,2-9,11H2,1H3,(H,19,26)(H,20,21). The Morgan fingerprint density at radius 2 is 2.12 bits per heavy atom. The van der Waals surface area contributed by atoms with E-state index in [9.17, 15) is 4.79 Å².